The molecule has 1 rings (SSSR count). The molecule has 1 fully saturated rings. The summed E-state index contributed by atoms with van der Waals surface area (Å²) in [5.41, 5.74) is 0. The number of hydrogen-bond donors (Lipinski definition) is 1. The number of hydrogen-bond acceptors (Lipinski definition) is 2. The molecule has 0 radical (unpaired) electrons. The Morgan fingerprint density at radius 2 is 1.93 bits per heavy atom. The van der Waals surface area contributed by atoms with Gasteiger partial charge in [0.25, 0.3) is 10.1 Å². The minimum atomic E-state index is -3.81. The Kier molecular flexibility index (Phi) is 4.18. The summed E-state index contributed by atoms with van der Waals surface area (Å²) in [6, 6.07) is 0. The maximum atomic E-state index is 10.9. The summed E-state index contributed by atoms with van der Waals surface area (Å²) in [6.07, 6.45) is 3.21. The van der Waals surface area contributed by atoms with E-state index >= 15 is 0 Å². The lowest BCUT2D eigenvalue weighted by atomic mass is 9.71. The second-order valence-electron chi connectivity index (χ2n) is 5.33. The van der Waals surface area contributed by atoms with Crippen LogP contribution in [0.1, 0.15) is 40.0 Å². The van der Waals surface area contributed by atoms with E-state index in [-0.39, 0.29) is 11.7 Å². The maximum Gasteiger partial charge on any atom is 0.265 e. The SMILES string of the molecule is CC1CCC(C(C)C)C(CS(=O)(=O)O)C1. The second-order valence-corrected chi connectivity index (χ2v) is 6.83. The van der Waals surface area contributed by atoms with Crippen molar-refractivity contribution in [1.29, 1.82) is 0 Å². The fraction of sp³-hybridized carbons (Fsp3) is 1.00. The van der Waals surface area contributed by atoms with Crippen LogP contribution in [0, 0.1) is 23.7 Å². The predicted octanol–water partition coefficient (Wildman–Crippen LogP) is 2.58. The highest BCUT2D eigenvalue weighted by Crippen LogP contribution is 2.38. The van der Waals surface area contributed by atoms with Crippen LogP contribution in [0.5, 0.6) is 0 Å². The van der Waals surface area contributed by atoms with Gasteiger partial charge < -0.3 is 0 Å². The van der Waals surface area contributed by atoms with E-state index in [1.54, 1.807) is 0 Å². The lowest BCUT2D eigenvalue weighted by Crippen LogP contribution is -2.32. The van der Waals surface area contributed by atoms with Crippen molar-refractivity contribution in [3.63, 3.8) is 0 Å². The van der Waals surface area contributed by atoms with Crippen molar-refractivity contribution in [2.45, 2.75) is 40.0 Å². The van der Waals surface area contributed by atoms with E-state index in [1.165, 1.54) is 6.42 Å². The molecule has 1 aliphatic carbocycles. The van der Waals surface area contributed by atoms with Crippen molar-refractivity contribution in [3.8, 4) is 0 Å². The molecule has 1 aliphatic rings. The highest BCUT2D eigenvalue weighted by molar-refractivity contribution is 7.85. The van der Waals surface area contributed by atoms with Crippen LogP contribution in [-0.2, 0) is 10.1 Å². The Labute approximate surface area is 93.0 Å². The summed E-state index contributed by atoms with van der Waals surface area (Å²) in [4.78, 5) is 0. The van der Waals surface area contributed by atoms with Crippen LogP contribution in [0.3, 0.4) is 0 Å². The van der Waals surface area contributed by atoms with Crippen molar-refractivity contribution < 1.29 is 13.0 Å². The summed E-state index contributed by atoms with van der Waals surface area (Å²) in [5.74, 6) is 1.63. The molecule has 0 bridgehead atoms. The van der Waals surface area contributed by atoms with E-state index in [0.29, 0.717) is 17.8 Å². The van der Waals surface area contributed by atoms with Crippen LogP contribution < -0.4 is 0 Å². The molecule has 0 aromatic rings. The normalized spacial score (nSPS) is 33.3. The van der Waals surface area contributed by atoms with Gasteiger partial charge in [-0.05, 0) is 36.5 Å². The Balaban J connectivity index is 2.70. The molecule has 0 spiro atoms. The van der Waals surface area contributed by atoms with Gasteiger partial charge in [0.1, 0.15) is 0 Å². The Bertz CT molecular complexity index is 295. The van der Waals surface area contributed by atoms with E-state index in [0.717, 1.165) is 12.8 Å². The first kappa shape index (κ1) is 13.0. The lowest BCUT2D eigenvalue weighted by Gasteiger charge is -2.36. The van der Waals surface area contributed by atoms with Crippen LogP contribution >= 0.6 is 0 Å². The zero-order valence-electron chi connectivity index (χ0n) is 9.81. The first-order chi connectivity index (χ1) is 6.79. The zero-order chi connectivity index (χ0) is 11.6. The molecule has 15 heavy (non-hydrogen) atoms. The van der Waals surface area contributed by atoms with Crippen molar-refractivity contribution in [2.24, 2.45) is 23.7 Å². The van der Waals surface area contributed by atoms with E-state index < -0.39 is 10.1 Å². The third kappa shape index (κ3) is 4.11. The highest BCUT2D eigenvalue weighted by Gasteiger charge is 2.33. The van der Waals surface area contributed by atoms with Crippen molar-refractivity contribution in [1.82, 2.24) is 0 Å². The van der Waals surface area contributed by atoms with Crippen LogP contribution in [0.2, 0.25) is 0 Å². The van der Waals surface area contributed by atoms with Crippen LogP contribution in [-0.4, -0.2) is 18.7 Å². The van der Waals surface area contributed by atoms with E-state index in [1.807, 2.05) is 0 Å². The van der Waals surface area contributed by atoms with Gasteiger partial charge in [-0.15, -0.1) is 0 Å². The van der Waals surface area contributed by atoms with Gasteiger partial charge in [-0.25, -0.2) is 0 Å². The van der Waals surface area contributed by atoms with Crippen LogP contribution in [0.25, 0.3) is 0 Å². The maximum absolute atomic E-state index is 10.9. The quantitative estimate of drug-likeness (QED) is 0.764. The van der Waals surface area contributed by atoms with Gasteiger partial charge in [-0.2, -0.15) is 8.42 Å². The van der Waals surface area contributed by atoms with Crippen molar-refractivity contribution in [2.75, 3.05) is 5.75 Å². The largest absolute Gasteiger partial charge is 0.286 e. The minimum Gasteiger partial charge on any atom is -0.286 e. The fourth-order valence-corrected chi connectivity index (χ4v) is 3.79. The van der Waals surface area contributed by atoms with Crippen molar-refractivity contribution in [3.05, 3.63) is 0 Å². The molecule has 0 aromatic heterocycles. The third-order valence-corrected chi connectivity index (χ3v) is 4.43. The summed E-state index contributed by atoms with van der Waals surface area (Å²) < 4.78 is 30.8. The van der Waals surface area contributed by atoms with Crippen LogP contribution in [0.4, 0.5) is 0 Å². The Morgan fingerprint density at radius 1 is 1.33 bits per heavy atom. The molecule has 90 valence electrons. The Morgan fingerprint density at radius 3 is 2.40 bits per heavy atom. The van der Waals surface area contributed by atoms with E-state index in [2.05, 4.69) is 20.8 Å². The van der Waals surface area contributed by atoms with Gasteiger partial charge in [-0.3, -0.25) is 4.55 Å². The monoisotopic (exact) mass is 234 g/mol. The molecule has 0 heterocycles. The summed E-state index contributed by atoms with van der Waals surface area (Å²) >= 11 is 0. The van der Waals surface area contributed by atoms with Crippen LogP contribution in [0.15, 0.2) is 0 Å². The standard InChI is InChI=1S/C11H22O3S/c1-8(2)11-5-4-9(3)6-10(11)7-15(12,13)14/h8-11H,4-7H2,1-3H3,(H,12,13,14). The van der Waals surface area contributed by atoms with E-state index in [4.69, 9.17) is 4.55 Å². The lowest BCUT2D eigenvalue weighted by molar-refractivity contribution is 0.158. The van der Waals surface area contributed by atoms with Crippen molar-refractivity contribution >= 4 is 10.1 Å². The average molecular weight is 234 g/mol. The molecule has 0 aromatic carbocycles. The molecule has 0 aliphatic heterocycles. The molecule has 4 heteroatoms. The van der Waals surface area contributed by atoms with Gasteiger partial charge in [0.05, 0.1) is 5.75 Å². The van der Waals surface area contributed by atoms with Gasteiger partial charge in [0.2, 0.25) is 0 Å². The molecule has 0 saturated heterocycles. The average Bonchev–Trinajstić information content (AvgIpc) is 1.99. The second kappa shape index (κ2) is 4.83. The number of rotatable bonds is 3. The summed E-state index contributed by atoms with van der Waals surface area (Å²) in [6.45, 7) is 6.43. The zero-order valence-corrected chi connectivity index (χ0v) is 10.6. The predicted molar refractivity (Wildman–Crippen MR) is 61.2 cm³/mol. The molecule has 0 amide bonds. The van der Waals surface area contributed by atoms with Gasteiger partial charge in [-0.1, -0.05) is 27.2 Å². The Hall–Kier alpha value is -0.0900. The minimum absolute atomic E-state index is 0.0554. The fourth-order valence-electron chi connectivity index (χ4n) is 2.86. The molecular formula is C11H22O3S. The topological polar surface area (TPSA) is 54.4 Å². The van der Waals surface area contributed by atoms with Gasteiger partial charge in [0.15, 0.2) is 0 Å². The third-order valence-electron chi connectivity index (χ3n) is 3.58. The molecular weight excluding hydrogens is 212 g/mol. The molecule has 3 unspecified atom stereocenters. The van der Waals surface area contributed by atoms with E-state index in [9.17, 15) is 8.42 Å². The molecule has 1 saturated carbocycles. The smallest absolute Gasteiger partial charge is 0.265 e. The molecule has 3 atom stereocenters. The molecule has 3 nitrogen and oxygen atoms in total. The van der Waals surface area contributed by atoms with Gasteiger partial charge >= 0.3 is 0 Å². The van der Waals surface area contributed by atoms with Gasteiger partial charge in [0, 0.05) is 0 Å². The molecule has 1 N–H and O–H groups in total. The first-order valence-corrected chi connectivity index (χ1v) is 7.35. The first-order valence-electron chi connectivity index (χ1n) is 5.74. The summed E-state index contributed by atoms with van der Waals surface area (Å²) in [5, 5.41) is 0. The highest BCUT2D eigenvalue weighted by atomic mass is 32.2. The summed E-state index contributed by atoms with van der Waals surface area (Å²) in [7, 11) is -3.81.